The summed E-state index contributed by atoms with van der Waals surface area (Å²) in [4.78, 5) is 14.1. The van der Waals surface area contributed by atoms with E-state index in [2.05, 4.69) is 11.4 Å². The molecule has 0 unspecified atom stereocenters. The lowest BCUT2D eigenvalue weighted by molar-refractivity contribution is -0.122. The Labute approximate surface area is 115 Å². The quantitative estimate of drug-likeness (QED) is 0.893. The minimum Gasteiger partial charge on any atom is -0.317 e. The van der Waals surface area contributed by atoms with Gasteiger partial charge in [0.05, 0.1) is 0 Å². The smallest absolute Gasteiger partial charge is 0.229 e. The molecule has 0 saturated carbocycles. The van der Waals surface area contributed by atoms with Crippen molar-refractivity contribution in [1.29, 1.82) is 0 Å². The maximum Gasteiger partial charge on any atom is 0.229 e. The molecule has 0 atom stereocenters. The van der Waals surface area contributed by atoms with Crippen LogP contribution in [0.1, 0.15) is 18.4 Å². The molecule has 1 fully saturated rings. The Kier molecular flexibility index (Phi) is 5.63. The monoisotopic (exact) mass is 268 g/mol. The Morgan fingerprint density at radius 3 is 2.61 bits per heavy atom. The van der Waals surface area contributed by atoms with Gasteiger partial charge in [0.1, 0.15) is 0 Å². The van der Waals surface area contributed by atoms with Gasteiger partial charge in [0, 0.05) is 18.7 Å². The van der Waals surface area contributed by atoms with E-state index in [0.29, 0.717) is 0 Å². The Balaban J connectivity index is 0.00000162. The van der Waals surface area contributed by atoms with Crippen LogP contribution in [0.15, 0.2) is 24.3 Å². The third kappa shape index (κ3) is 3.47. The molecule has 2 rings (SSSR count). The summed E-state index contributed by atoms with van der Waals surface area (Å²) < 4.78 is 0. The Morgan fingerprint density at radius 1 is 1.33 bits per heavy atom. The molecule has 1 aromatic rings. The average Bonchev–Trinajstić information content (AvgIpc) is 2.38. The number of halogens is 1. The molecule has 0 bridgehead atoms. The molecular weight excluding hydrogens is 248 g/mol. The third-order valence-electron chi connectivity index (χ3n) is 3.41. The molecule has 3 nitrogen and oxygen atoms in total. The second kappa shape index (κ2) is 6.76. The van der Waals surface area contributed by atoms with Crippen LogP contribution in [-0.4, -0.2) is 26.0 Å². The lowest BCUT2D eigenvalue weighted by Crippen LogP contribution is -2.39. The van der Waals surface area contributed by atoms with Gasteiger partial charge >= 0.3 is 0 Å². The maximum absolute atomic E-state index is 12.3. The molecule has 18 heavy (non-hydrogen) atoms. The van der Waals surface area contributed by atoms with Gasteiger partial charge in [0.15, 0.2) is 0 Å². The summed E-state index contributed by atoms with van der Waals surface area (Å²) in [5.41, 5.74) is 2.18. The second-order valence-corrected chi connectivity index (χ2v) is 4.76. The second-order valence-electron chi connectivity index (χ2n) is 4.76. The first-order valence-corrected chi connectivity index (χ1v) is 6.23. The molecule has 0 spiro atoms. The van der Waals surface area contributed by atoms with E-state index in [9.17, 15) is 4.79 Å². The van der Waals surface area contributed by atoms with E-state index in [4.69, 9.17) is 0 Å². The fourth-order valence-corrected chi connectivity index (χ4v) is 2.31. The number of anilines is 1. The van der Waals surface area contributed by atoms with E-state index < -0.39 is 0 Å². The molecule has 1 aliphatic rings. The van der Waals surface area contributed by atoms with Crippen molar-refractivity contribution in [3.8, 4) is 0 Å². The van der Waals surface area contributed by atoms with Gasteiger partial charge < -0.3 is 10.2 Å². The van der Waals surface area contributed by atoms with Crippen molar-refractivity contribution in [2.45, 2.75) is 19.8 Å². The number of aryl methyl sites for hydroxylation is 1. The molecule has 0 aromatic heterocycles. The van der Waals surface area contributed by atoms with Crippen LogP contribution in [0.4, 0.5) is 5.69 Å². The number of benzene rings is 1. The normalized spacial score (nSPS) is 15.9. The number of nitrogens with one attached hydrogen (secondary N) is 1. The summed E-state index contributed by atoms with van der Waals surface area (Å²) in [6.45, 7) is 3.96. The van der Waals surface area contributed by atoms with Crippen LogP contribution < -0.4 is 10.2 Å². The predicted octanol–water partition coefficient (Wildman–Crippen LogP) is 2.38. The highest BCUT2D eigenvalue weighted by atomic mass is 35.5. The number of hydrogen-bond acceptors (Lipinski definition) is 2. The number of carbonyl (C=O) groups excluding carboxylic acids is 1. The number of amides is 1. The van der Waals surface area contributed by atoms with E-state index in [1.54, 1.807) is 4.90 Å². The zero-order valence-corrected chi connectivity index (χ0v) is 11.8. The van der Waals surface area contributed by atoms with Crippen molar-refractivity contribution < 1.29 is 4.79 Å². The van der Waals surface area contributed by atoms with Gasteiger partial charge in [0.25, 0.3) is 0 Å². The van der Waals surface area contributed by atoms with Crippen LogP contribution >= 0.6 is 12.4 Å². The van der Waals surface area contributed by atoms with Gasteiger partial charge in [0.2, 0.25) is 5.91 Å². The fourth-order valence-electron chi connectivity index (χ4n) is 2.31. The van der Waals surface area contributed by atoms with Crippen LogP contribution in [0.25, 0.3) is 0 Å². The SMILES string of the molecule is Cc1cccc(N(C)C(=O)C2CCNCC2)c1.Cl. The zero-order valence-electron chi connectivity index (χ0n) is 11.0. The highest BCUT2D eigenvalue weighted by molar-refractivity contribution is 5.94. The minimum absolute atomic E-state index is 0. The lowest BCUT2D eigenvalue weighted by atomic mass is 9.96. The maximum atomic E-state index is 12.3. The number of nitrogens with zero attached hydrogens (tertiary/aromatic N) is 1. The summed E-state index contributed by atoms with van der Waals surface area (Å²) in [7, 11) is 1.87. The Bertz CT molecular complexity index is 403. The molecule has 4 heteroatoms. The number of hydrogen-bond donors (Lipinski definition) is 1. The summed E-state index contributed by atoms with van der Waals surface area (Å²) in [6, 6.07) is 8.09. The van der Waals surface area contributed by atoms with Crippen LogP contribution in [0.3, 0.4) is 0 Å². The molecule has 1 saturated heterocycles. The zero-order chi connectivity index (χ0) is 12.3. The van der Waals surface area contributed by atoms with Crippen LogP contribution in [0.2, 0.25) is 0 Å². The van der Waals surface area contributed by atoms with Crippen LogP contribution in [0.5, 0.6) is 0 Å². The van der Waals surface area contributed by atoms with Crippen LogP contribution in [-0.2, 0) is 4.79 Å². The average molecular weight is 269 g/mol. The first kappa shape index (κ1) is 15.0. The van der Waals surface area contributed by atoms with E-state index >= 15 is 0 Å². The molecule has 1 N–H and O–H groups in total. The number of carbonyl (C=O) groups is 1. The van der Waals surface area contributed by atoms with Crippen molar-refractivity contribution in [1.82, 2.24) is 5.32 Å². The molecule has 1 heterocycles. The summed E-state index contributed by atoms with van der Waals surface area (Å²) >= 11 is 0. The first-order valence-electron chi connectivity index (χ1n) is 6.23. The minimum atomic E-state index is 0. The summed E-state index contributed by atoms with van der Waals surface area (Å²) in [6.07, 6.45) is 1.91. The molecular formula is C14H21ClN2O. The van der Waals surface area contributed by atoms with E-state index in [1.807, 2.05) is 32.2 Å². The van der Waals surface area contributed by atoms with Crippen molar-refractivity contribution in [3.05, 3.63) is 29.8 Å². The largest absolute Gasteiger partial charge is 0.317 e. The molecule has 0 aliphatic carbocycles. The molecule has 100 valence electrons. The van der Waals surface area contributed by atoms with Crippen molar-refractivity contribution >= 4 is 24.0 Å². The van der Waals surface area contributed by atoms with Gasteiger partial charge in [-0.3, -0.25) is 4.79 Å². The van der Waals surface area contributed by atoms with E-state index in [-0.39, 0.29) is 24.2 Å². The number of rotatable bonds is 2. The lowest BCUT2D eigenvalue weighted by Gasteiger charge is -2.27. The standard InChI is InChI=1S/C14H20N2O.ClH/c1-11-4-3-5-13(10-11)16(2)14(17)12-6-8-15-9-7-12;/h3-5,10,12,15H,6-9H2,1-2H3;1H. The summed E-state index contributed by atoms with van der Waals surface area (Å²) in [5.74, 6) is 0.430. The van der Waals surface area contributed by atoms with Gasteiger partial charge in [-0.1, -0.05) is 12.1 Å². The first-order chi connectivity index (χ1) is 8.18. The van der Waals surface area contributed by atoms with Gasteiger partial charge in [-0.05, 0) is 50.6 Å². The predicted molar refractivity (Wildman–Crippen MR) is 77.4 cm³/mol. The Hall–Kier alpha value is -1.06. The van der Waals surface area contributed by atoms with Crippen molar-refractivity contribution in [2.24, 2.45) is 5.92 Å². The van der Waals surface area contributed by atoms with Gasteiger partial charge in [-0.25, -0.2) is 0 Å². The molecule has 1 aliphatic heterocycles. The molecule has 0 radical (unpaired) electrons. The van der Waals surface area contributed by atoms with Crippen LogP contribution in [0, 0.1) is 12.8 Å². The van der Waals surface area contributed by atoms with E-state index in [1.165, 1.54) is 5.56 Å². The molecule has 1 amide bonds. The fraction of sp³-hybridized carbons (Fsp3) is 0.500. The van der Waals surface area contributed by atoms with Crippen molar-refractivity contribution in [2.75, 3.05) is 25.0 Å². The third-order valence-corrected chi connectivity index (χ3v) is 3.41. The van der Waals surface area contributed by atoms with Crippen molar-refractivity contribution in [3.63, 3.8) is 0 Å². The highest BCUT2D eigenvalue weighted by Gasteiger charge is 2.24. The van der Waals surface area contributed by atoms with Gasteiger partial charge in [-0.2, -0.15) is 0 Å². The molecule has 1 aromatic carbocycles. The van der Waals surface area contributed by atoms with Gasteiger partial charge in [-0.15, -0.1) is 12.4 Å². The highest BCUT2D eigenvalue weighted by Crippen LogP contribution is 2.20. The topological polar surface area (TPSA) is 32.3 Å². The Morgan fingerprint density at radius 2 is 2.00 bits per heavy atom. The summed E-state index contributed by atoms with van der Waals surface area (Å²) in [5, 5.41) is 3.29. The van der Waals surface area contributed by atoms with E-state index in [0.717, 1.165) is 31.6 Å². The number of piperidine rings is 1.